The molecule has 0 saturated carbocycles. The number of tetrazole rings is 1. The second-order valence-corrected chi connectivity index (χ2v) is 8.19. The van der Waals surface area contributed by atoms with Crippen LogP contribution < -0.4 is 20.5 Å². The van der Waals surface area contributed by atoms with Gasteiger partial charge in [0, 0.05) is 6.54 Å². The van der Waals surface area contributed by atoms with Gasteiger partial charge < -0.3 is 35.5 Å². The van der Waals surface area contributed by atoms with E-state index >= 15 is 0 Å². The molecule has 190 valence electrons. The Bertz CT molecular complexity index is 1370. The zero-order valence-electron chi connectivity index (χ0n) is 19.8. The van der Waals surface area contributed by atoms with E-state index in [1.807, 2.05) is 18.2 Å². The summed E-state index contributed by atoms with van der Waals surface area (Å²) in [4.78, 5) is 14.3. The summed E-state index contributed by atoms with van der Waals surface area (Å²) in [6.45, 7) is 0.510. The Morgan fingerprint density at radius 1 is 1.14 bits per heavy atom. The quantitative estimate of drug-likeness (QED) is 0.245. The maximum absolute atomic E-state index is 10.7. The fourth-order valence-corrected chi connectivity index (χ4v) is 4.07. The van der Waals surface area contributed by atoms with Crippen LogP contribution in [0.3, 0.4) is 0 Å². The molecule has 0 amide bonds. The lowest BCUT2D eigenvalue weighted by Gasteiger charge is -2.16. The lowest BCUT2D eigenvalue weighted by Crippen LogP contribution is -2.29. The van der Waals surface area contributed by atoms with Crippen LogP contribution >= 0.6 is 0 Å². The van der Waals surface area contributed by atoms with Crippen molar-refractivity contribution < 1.29 is 24.4 Å². The van der Waals surface area contributed by atoms with Gasteiger partial charge >= 0.3 is 0 Å². The Hall–Kier alpha value is -4.08. The average Bonchev–Trinajstić information content (AvgIpc) is 3.57. The van der Waals surface area contributed by atoms with E-state index in [1.54, 1.807) is 21.3 Å². The maximum Gasteiger partial charge on any atom is 0.226 e. The molecule has 1 aliphatic rings. The van der Waals surface area contributed by atoms with Crippen LogP contribution in [0.5, 0.6) is 11.5 Å². The number of nitrogens with two attached hydrogens (primary N) is 1. The number of anilines is 2. The molecule has 15 nitrogen and oxygen atoms in total. The van der Waals surface area contributed by atoms with Gasteiger partial charge in [0.25, 0.3) is 0 Å². The molecular formula is C21H26N10O5. The van der Waals surface area contributed by atoms with Gasteiger partial charge in [-0.25, -0.2) is 4.98 Å². The first-order valence-corrected chi connectivity index (χ1v) is 11.1. The minimum atomic E-state index is -1.30. The zero-order valence-corrected chi connectivity index (χ0v) is 19.8. The van der Waals surface area contributed by atoms with Crippen molar-refractivity contribution in [2.75, 3.05) is 31.8 Å². The molecule has 3 aromatic heterocycles. The molecule has 4 heterocycles. The SMILES string of the molecule is COc1ccc(CCNc2nc(N)c3ncn([C@@H]4O[C@H](c5nnn(C)n5)[C@@H](O)[C@H]4O)c3n2)cc1OC. The molecule has 1 saturated heterocycles. The predicted octanol–water partition coefficient (Wildman–Crippen LogP) is -0.404. The van der Waals surface area contributed by atoms with Gasteiger partial charge in [-0.15, -0.1) is 10.2 Å². The van der Waals surface area contributed by atoms with E-state index in [2.05, 4.69) is 35.7 Å². The summed E-state index contributed by atoms with van der Waals surface area (Å²) < 4.78 is 18.0. The van der Waals surface area contributed by atoms with E-state index in [0.717, 1.165) is 5.56 Å². The molecule has 4 aromatic rings. The predicted molar refractivity (Wildman–Crippen MR) is 125 cm³/mol. The molecule has 1 aromatic carbocycles. The van der Waals surface area contributed by atoms with E-state index < -0.39 is 24.5 Å². The molecule has 36 heavy (non-hydrogen) atoms. The highest BCUT2D eigenvalue weighted by molar-refractivity contribution is 5.83. The third-order valence-electron chi connectivity index (χ3n) is 5.88. The van der Waals surface area contributed by atoms with Crippen LogP contribution in [0.15, 0.2) is 24.5 Å². The summed E-state index contributed by atoms with van der Waals surface area (Å²) in [5.74, 6) is 1.90. The standard InChI is InChI=1S/C21H26N10O5/c1-30-28-18(27-29-30)16-14(32)15(33)20(36-16)31-9-24-13-17(22)25-21(26-19(13)31)23-7-6-10-4-5-11(34-2)12(8-10)35-3/h4-5,8-9,14-16,20,32-33H,6-7H2,1-3H3,(H3,22,23,25,26)/t14-,15+,16-,20+/m0/s1. The average molecular weight is 499 g/mol. The number of nitrogens with one attached hydrogen (secondary N) is 1. The number of aromatic nitrogens is 8. The van der Waals surface area contributed by atoms with Crippen LogP contribution in [0.1, 0.15) is 23.7 Å². The van der Waals surface area contributed by atoms with Gasteiger partial charge in [-0.1, -0.05) is 6.07 Å². The molecule has 0 radical (unpaired) electrons. The van der Waals surface area contributed by atoms with Crippen molar-refractivity contribution in [1.82, 2.24) is 39.7 Å². The molecule has 5 N–H and O–H groups in total. The van der Waals surface area contributed by atoms with Gasteiger partial charge in [0.2, 0.25) is 11.8 Å². The van der Waals surface area contributed by atoms with Gasteiger partial charge in [-0.2, -0.15) is 14.8 Å². The summed E-state index contributed by atoms with van der Waals surface area (Å²) in [5, 5.41) is 36.1. The van der Waals surface area contributed by atoms with Crippen molar-refractivity contribution in [2.45, 2.75) is 31.0 Å². The van der Waals surface area contributed by atoms with E-state index in [-0.39, 0.29) is 17.6 Å². The lowest BCUT2D eigenvalue weighted by atomic mass is 10.1. The third kappa shape index (κ3) is 4.23. The molecule has 5 rings (SSSR count). The van der Waals surface area contributed by atoms with E-state index in [4.69, 9.17) is 19.9 Å². The van der Waals surface area contributed by atoms with Crippen molar-refractivity contribution in [3.05, 3.63) is 35.9 Å². The van der Waals surface area contributed by atoms with Crippen LogP contribution in [0.4, 0.5) is 11.8 Å². The van der Waals surface area contributed by atoms with Crippen molar-refractivity contribution in [1.29, 1.82) is 0 Å². The van der Waals surface area contributed by atoms with Crippen LogP contribution in [-0.2, 0) is 18.2 Å². The number of imidazole rings is 1. The molecule has 15 heteroatoms. The number of methoxy groups -OCH3 is 2. The number of ether oxygens (including phenoxy) is 3. The summed E-state index contributed by atoms with van der Waals surface area (Å²) in [6.07, 6.45) is -2.48. The number of rotatable bonds is 8. The fourth-order valence-electron chi connectivity index (χ4n) is 4.07. The Balaban J connectivity index is 1.35. The summed E-state index contributed by atoms with van der Waals surface area (Å²) in [7, 11) is 4.77. The Morgan fingerprint density at radius 2 is 1.94 bits per heavy atom. The topological polar surface area (TPSA) is 193 Å². The zero-order chi connectivity index (χ0) is 25.4. The number of hydrogen-bond acceptors (Lipinski definition) is 13. The molecule has 1 fully saturated rings. The molecule has 0 aliphatic carbocycles. The van der Waals surface area contributed by atoms with E-state index in [9.17, 15) is 10.2 Å². The third-order valence-corrected chi connectivity index (χ3v) is 5.88. The number of benzene rings is 1. The van der Waals surface area contributed by atoms with E-state index in [0.29, 0.717) is 35.6 Å². The van der Waals surface area contributed by atoms with Gasteiger partial charge in [0.15, 0.2) is 35.3 Å². The van der Waals surface area contributed by atoms with Crippen molar-refractivity contribution in [3.8, 4) is 11.5 Å². The first-order chi connectivity index (χ1) is 17.4. The molecule has 1 aliphatic heterocycles. The lowest BCUT2D eigenvalue weighted by molar-refractivity contribution is -0.0384. The normalized spacial score (nSPS) is 21.7. The van der Waals surface area contributed by atoms with Crippen LogP contribution in [0.2, 0.25) is 0 Å². The van der Waals surface area contributed by atoms with E-state index in [1.165, 1.54) is 15.7 Å². The van der Waals surface area contributed by atoms with Gasteiger partial charge in [0.1, 0.15) is 17.7 Å². The van der Waals surface area contributed by atoms with Crippen LogP contribution in [0, 0.1) is 0 Å². The van der Waals surface area contributed by atoms with Crippen LogP contribution in [0.25, 0.3) is 11.2 Å². The number of aliphatic hydroxyl groups is 2. The smallest absolute Gasteiger partial charge is 0.226 e. The Labute approximate surface area is 204 Å². The highest BCUT2D eigenvalue weighted by Gasteiger charge is 2.47. The summed E-state index contributed by atoms with van der Waals surface area (Å²) >= 11 is 0. The van der Waals surface area contributed by atoms with Crippen molar-refractivity contribution in [3.63, 3.8) is 0 Å². The van der Waals surface area contributed by atoms with Gasteiger partial charge in [-0.3, -0.25) is 4.57 Å². The van der Waals surface area contributed by atoms with Crippen molar-refractivity contribution in [2.24, 2.45) is 7.05 Å². The Kier molecular flexibility index (Phi) is 6.26. The van der Waals surface area contributed by atoms with Crippen molar-refractivity contribution >= 4 is 22.9 Å². The molecule has 4 atom stereocenters. The largest absolute Gasteiger partial charge is 0.493 e. The second-order valence-electron chi connectivity index (χ2n) is 8.19. The molecule has 0 spiro atoms. The minimum absolute atomic E-state index is 0.155. The van der Waals surface area contributed by atoms with Gasteiger partial charge in [-0.05, 0) is 29.3 Å². The first kappa shape index (κ1) is 23.7. The number of nitrogen functional groups attached to an aromatic ring is 1. The number of hydrogen-bond donors (Lipinski definition) is 4. The molecule has 0 bridgehead atoms. The number of aryl methyl sites for hydroxylation is 1. The van der Waals surface area contributed by atoms with Crippen LogP contribution in [-0.4, -0.2) is 82.9 Å². The van der Waals surface area contributed by atoms with Gasteiger partial charge in [0.05, 0.1) is 27.6 Å². The highest BCUT2D eigenvalue weighted by Crippen LogP contribution is 2.38. The number of fused-ring (bicyclic) bond motifs is 1. The molecular weight excluding hydrogens is 472 g/mol. The monoisotopic (exact) mass is 498 g/mol. The minimum Gasteiger partial charge on any atom is -0.493 e. The molecule has 0 unspecified atom stereocenters. The first-order valence-electron chi connectivity index (χ1n) is 11.1. The second kappa shape index (κ2) is 9.52. The summed E-state index contributed by atoms with van der Waals surface area (Å²) in [6, 6.07) is 5.70. The number of aliphatic hydroxyl groups excluding tert-OH is 2. The fraction of sp³-hybridized carbons (Fsp3) is 0.429. The Morgan fingerprint density at radius 3 is 2.67 bits per heavy atom. The number of nitrogens with zero attached hydrogens (tertiary/aromatic N) is 8. The summed E-state index contributed by atoms with van der Waals surface area (Å²) in [5.41, 5.74) is 7.82. The highest BCUT2D eigenvalue weighted by atomic mass is 16.6. The maximum atomic E-state index is 10.7.